The molecule has 0 saturated carbocycles. The Hall–Kier alpha value is -0.980. The summed E-state index contributed by atoms with van der Waals surface area (Å²) in [6.45, 7) is 5.11. The Morgan fingerprint density at radius 1 is 1.47 bits per heavy atom. The van der Waals surface area contributed by atoms with E-state index in [0.717, 1.165) is 18.5 Å². The summed E-state index contributed by atoms with van der Waals surface area (Å²) in [6, 6.07) is 5.18. The Morgan fingerprint density at radius 3 is 2.89 bits per heavy atom. The normalized spacial score (nSPS) is 23.2. The quantitative estimate of drug-likeness (QED) is 0.915. The fraction of sp³-hybridized carbons (Fsp3) is 0.615. The highest BCUT2D eigenvalue weighted by atomic mass is 32.2. The van der Waals surface area contributed by atoms with E-state index in [1.54, 1.807) is 10.5 Å². The zero-order valence-corrected chi connectivity index (χ0v) is 12.2. The van der Waals surface area contributed by atoms with Gasteiger partial charge in [0.05, 0.1) is 11.7 Å². The smallest absolute Gasteiger partial charge is 0.260 e. The van der Waals surface area contributed by atoms with Gasteiger partial charge in [0.2, 0.25) is 0 Å². The van der Waals surface area contributed by atoms with Crippen molar-refractivity contribution in [1.82, 2.24) is 14.0 Å². The first-order valence-corrected chi connectivity index (χ1v) is 8.11. The van der Waals surface area contributed by atoms with Crippen LogP contribution >= 0.6 is 0 Å². The van der Waals surface area contributed by atoms with Crippen LogP contribution in [0.2, 0.25) is 0 Å². The molecule has 0 radical (unpaired) electrons. The second-order valence-electron chi connectivity index (χ2n) is 5.20. The highest BCUT2D eigenvalue weighted by molar-refractivity contribution is 7.87. The van der Waals surface area contributed by atoms with Crippen LogP contribution in [-0.2, 0) is 10.2 Å². The number of hydrogen-bond donors (Lipinski definition) is 1. The van der Waals surface area contributed by atoms with Gasteiger partial charge >= 0.3 is 0 Å². The van der Waals surface area contributed by atoms with Gasteiger partial charge in [0.15, 0.2) is 0 Å². The molecule has 2 atom stereocenters. The van der Waals surface area contributed by atoms with Crippen molar-refractivity contribution in [2.24, 2.45) is 5.92 Å². The lowest BCUT2D eigenvalue weighted by Crippen LogP contribution is -2.46. The summed E-state index contributed by atoms with van der Waals surface area (Å²) >= 11 is 0. The molecule has 106 valence electrons. The topological polar surface area (TPSA) is 62.3 Å². The van der Waals surface area contributed by atoms with E-state index in [2.05, 4.69) is 16.6 Å². The molecule has 0 amide bonds. The van der Waals surface area contributed by atoms with Gasteiger partial charge in [-0.3, -0.25) is 4.98 Å². The highest BCUT2D eigenvalue weighted by Crippen LogP contribution is 2.19. The SMILES string of the molecule is C[C@H]1CCCN(S(=O)(=O)N[C@@H](C)c2ccccn2)C1. The van der Waals surface area contributed by atoms with Gasteiger partial charge in [-0.25, -0.2) is 0 Å². The first kappa shape index (κ1) is 14.4. The average Bonchev–Trinajstić information content (AvgIpc) is 2.39. The van der Waals surface area contributed by atoms with Gasteiger partial charge in [-0.15, -0.1) is 0 Å². The summed E-state index contributed by atoms with van der Waals surface area (Å²) in [5, 5.41) is 0. The van der Waals surface area contributed by atoms with Crippen molar-refractivity contribution < 1.29 is 8.42 Å². The molecular weight excluding hydrogens is 262 g/mol. The van der Waals surface area contributed by atoms with Crippen LogP contribution in [0.1, 0.15) is 38.4 Å². The second kappa shape index (κ2) is 5.98. The van der Waals surface area contributed by atoms with Gasteiger partial charge in [0.1, 0.15) is 0 Å². The third-order valence-electron chi connectivity index (χ3n) is 3.42. The predicted molar refractivity (Wildman–Crippen MR) is 74.7 cm³/mol. The van der Waals surface area contributed by atoms with Crippen molar-refractivity contribution in [3.8, 4) is 0 Å². The molecule has 1 aliphatic rings. The molecule has 1 N–H and O–H groups in total. The molecule has 1 aromatic heterocycles. The van der Waals surface area contributed by atoms with E-state index in [1.807, 2.05) is 25.1 Å². The molecule has 0 aromatic carbocycles. The lowest BCUT2D eigenvalue weighted by molar-refractivity contribution is 0.277. The molecule has 0 aliphatic carbocycles. The molecule has 19 heavy (non-hydrogen) atoms. The van der Waals surface area contributed by atoms with E-state index >= 15 is 0 Å². The minimum atomic E-state index is -3.42. The van der Waals surface area contributed by atoms with Crippen LogP contribution in [0.25, 0.3) is 0 Å². The van der Waals surface area contributed by atoms with Crippen LogP contribution in [0, 0.1) is 5.92 Å². The van der Waals surface area contributed by atoms with Crippen LogP contribution in [0.3, 0.4) is 0 Å². The van der Waals surface area contributed by atoms with Crippen LogP contribution < -0.4 is 4.72 Å². The summed E-state index contributed by atoms with van der Waals surface area (Å²) in [7, 11) is -3.42. The molecule has 2 rings (SSSR count). The van der Waals surface area contributed by atoms with Gasteiger partial charge in [-0.2, -0.15) is 17.4 Å². The summed E-state index contributed by atoms with van der Waals surface area (Å²) in [5.41, 5.74) is 0.733. The summed E-state index contributed by atoms with van der Waals surface area (Å²) in [6.07, 6.45) is 3.70. The number of pyridine rings is 1. The number of rotatable bonds is 4. The molecule has 2 heterocycles. The van der Waals surface area contributed by atoms with Gasteiger partial charge in [-0.1, -0.05) is 13.0 Å². The van der Waals surface area contributed by atoms with Crippen molar-refractivity contribution in [2.45, 2.75) is 32.7 Å². The molecule has 0 spiro atoms. The zero-order chi connectivity index (χ0) is 13.9. The maximum Gasteiger partial charge on any atom is 0.280 e. The number of nitrogens with one attached hydrogen (secondary N) is 1. The van der Waals surface area contributed by atoms with Crippen molar-refractivity contribution >= 4 is 10.2 Å². The van der Waals surface area contributed by atoms with E-state index in [-0.39, 0.29) is 6.04 Å². The van der Waals surface area contributed by atoms with Crippen LogP contribution in [0.4, 0.5) is 0 Å². The van der Waals surface area contributed by atoms with Crippen LogP contribution in [0.15, 0.2) is 24.4 Å². The molecule has 0 unspecified atom stereocenters. The number of nitrogens with zero attached hydrogens (tertiary/aromatic N) is 2. The fourth-order valence-corrected chi connectivity index (χ4v) is 3.89. The Morgan fingerprint density at radius 2 is 2.26 bits per heavy atom. The zero-order valence-electron chi connectivity index (χ0n) is 11.4. The Balaban J connectivity index is 2.04. The third-order valence-corrected chi connectivity index (χ3v) is 5.08. The molecule has 6 heteroatoms. The standard InChI is InChI=1S/C13H21N3O2S/c1-11-6-5-9-16(10-11)19(17,18)15-12(2)13-7-3-4-8-14-13/h3-4,7-8,11-12,15H,5-6,9-10H2,1-2H3/t11-,12-/m0/s1. The molecule has 0 bridgehead atoms. The largest absolute Gasteiger partial charge is 0.280 e. The monoisotopic (exact) mass is 283 g/mol. The van der Waals surface area contributed by atoms with Crippen LogP contribution in [0.5, 0.6) is 0 Å². The van der Waals surface area contributed by atoms with E-state index in [9.17, 15) is 8.42 Å². The van der Waals surface area contributed by atoms with Gasteiger partial charge < -0.3 is 0 Å². The second-order valence-corrected chi connectivity index (χ2v) is 6.91. The molecule has 1 saturated heterocycles. The van der Waals surface area contributed by atoms with E-state index in [1.165, 1.54) is 0 Å². The first-order chi connectivity index (χ1) is 8.99. The minimum absolute atomic E-state index is 0.316. The Kier molecular flexibility index (Phi) is 4.54. The minimum Gasteiger partial charge on any atom is -0.260 e. The lowest BCUT2D eigenvalue weighted by Gasteiger charge is -2.31. The van der Waals surface area contributed by atoms with Crippen molar-refractivity contribution in [3.05, 3.63) is 30.1 Å². The number of piperidine rings is 1. The summed E-state index contributed by atoms with van der Waals surface area (Å²) in [5.74, 6) is 0.426. The molecule has 1 aliphatic heterocycles. The van der Waals surface area contributed by atoms with Gasteiger partial charge in [-0.05, 0) is 37.8 Å². The van der Waals surface area contributed by atoms with E-state index < -0.39 is 10.2 Å². The maximum atomic E-state index is 12.3. The van der Waals surface area contributed by atoms with Gasteiger partial charge in [0, 0.05) is 19.3 Å². The molecule has 1 fully saturated rings. The van der Waals surface area contributed by atoms with E-state index in [0.29, 0.717) is 19.0 Å². The average molecular weight is 283 g/mol. The number of aromatic nitrogens is 1. The predicted octanol–water partition coefficient (Wildman–Crippen LogP) is 1.71. The molecule has 5 nitrogen and oxygen atoms in total. The van der Waals surface area contributed by atoms with Gasteiger partial charge in [0.25, 0.3) is 10.2 Å². The van der Waals surface area contributed by atoms with E-state index in [4.69, 9.17) is 0 Å². The van der Waals surface area contributed by atoms with Crippen molar-refractivity contribution in [2.75, 3.05) is 13.1 Å². The number of hydrogen-bond acceptors (Lipinski definition) is 3. The Labute approximate surface area is 115 Å². The van der Waals surface area contributed by atoms with Crippen molar-refractivity contribution in [1.29, 1.82) is 0 Å². The summed E-state index contributed by atoms with van der Waals surface area (Å²) < 4.78 is 28.8. The third kappa shape index (κ3) is 3.75. The fourth-order valence-electron chi connectivity index (χ4n) is 2.36. The molecular formula is C13H21N3O2S. The maximum absolute atomic E-state index is 12.3. The molecule has 1 aromatic rings. The van der Waals surface area contributed by atoms with Crippen LogP contribution in [-0.4, -0.2) is 30.8 Å². The summed E-state index contributed by atoms with van der Waals surface area (Å²) in [4.78, 5) is 4.18. The highest BCUT2D eigenvalue weighted by Gasteiger charge is 2.28. The lowest BCUT2D eigenvalue weighted by atomic mass is 10.0. The van der Waals surface area contributed by atoms with Crippen molar-refractivity contribution in [3.63, 3.8) is 0 Å². The Bertz CT molecular complexity index is 504. The first-order valence-electron chi connectivity index (χ1n) is 6.67.